The SMILES string of the molecule is CCCC(=O)c1cccc(-c2cc(C)c(OCCN3CCCCC3)cc2C)c1. The number of Topliss-reactive ketones (excluding diaryl/α,β-unsaturated/α-hetero) is 1. The van der Waals surface area contributed by atoms with E-state index in [0.29, 0.717) is 6.42 Å². The molecule has 0 saturated carbocycles. The van der Waals surface area contributed by atoms with E-state index in [1.165, 1.54) is 43.5 Å². The van der Waals surface area contributed by atoms with Crippen molar-refractivity contribution in [1.82, 2.24) is 4.90 Å². The predicted octanol–water partition coefficient (Wildman–Crippen LogP) is 5.82. The molecule has 1 aliphatic rings. The van der Waals surface area contributed by atoms with Crippen molar-refractivity contribution in [2.24, 2.45) is 0 Å². The Morgan fingerprint density at radius 1 is 1.04 bits per heavy atom. The van der Waals surface area contributed by atoms with Crippen LogP contribution >= 0.6 is 0 Å². The third kappa shape index (κ3) is 5.23. The Labute approximate surface area is 169 Å². The maximum absolute atomic E-state index is 12.3. The largest absolute Gasteiger partial charge is 0.492 e. The summed E-state index contributed by atoms with van der Waals surface area (Å²) in [6.45, 7) is 10.4. The van der Waals surface area contributed by atoms with Gasteiger partial charge in [0.25, 0.3) is 0 Å². The van der Waals surface area contributed by atoms with Crippen LogP contribution in [-0.2, 0) is 0 Å². The number of hydrogen-bond acceptors (Lipinski definition) is 3. The molecular weight excluding hydrogens is 346 g/mol. The second-order valence-corrected chi connectivity index (χ2v) is 7.94. The summed E-state index contributed by atoms with van der Waals surface area (Å²) in [5, 5.41) is 0. The lowest BCUT2D eigenvalue weighted by atomic mass is 9.95. The van der Waals surface area contributed by atoms with Gasteiger partial charge in [0.15, 0.2) is 5.78 Å². The van der Waals surface area contributed by atoms with Gasteiger partial charge in [-0.25, -0.2) is 0 Å². The maximum Gasteiger partial charge on any atom is 0.162 e. The third-order valence-electron chi connectivity index (χ3n) is 5.61. The Morgan fingerprint density at radius 2 is 1.82 bits per heavy atom. The van der Waals surface area contributed by atoms with E-state index in [-0.39, 0.29) is 5.78 Å². The second kappa shape index (κ2) is 9.88. The fourth-order valence-corrected chi connectivity index (χ4v) is 3.96. The molecular formula is C25H33NO2. The Hall–Kier alpha value is -2.13. The molecule has 0 spiro atoms. The van der Waals surface area contributed by atoms with Crippen molar-refractivity contribution in [3.63, 3.8) is 0 Å². The lowest BCUT2D eigenvalue weighted by Gasteiger charge is -2.26. The van der Waals surface area contributed by atoms with Gasteiger partial charge in [-0.3, -0.25) is 9.69 Å². The quantitative estimate of drug-likeness (QED) is 0.541. The van der Waals surface area contributed by atoms with Crippen LogP contribution in [0.1, 0.15) is 60.5 Å². The third-order valence-corrected chi connectivity index (χ3v) is 5.61. The van der Waals surface area contributed by atoms with E-state index >= 15 is 0 Å². The van der Waals surface area contributed by atoms with Gasteiger partial charge in [-0.1, -0.05) is 31.5 Å². The summed E-state index contributed by atoms with van der Waals surface area (Å²) in [7, 11) is 0. The van der Waals surface area contributed by atoms with Crippen LogP contribution in [0.15, 0.2) is 36.4 Å². The van der Waals surface area contributed by atoms with E-state index < -0.39 is 0 Å². The Bertz CT molecular complexity index is 806. The molecule has 1 heterocycles. The van der Waals surface area contributed by atoms with Gasteiger partial charge in [-0.05, 0) is 86.7 Å². The lowest BCUT2D eigenvalue weighted by Crippen LogP contribution is -2.33. The van der Waals surface area contributed by atoms with Gasteiger partial charge >= 0.3 is 0 Å². The van der Waals surface area contributed by atoms with Crippen molar-refractivity contribution in [1.29, 1.82) is 0 Å². The Morgan fingerprint density at radius 3 is 2.57 bits per heavy atom. The van der Waals surface area contributed by atoms with Crippen molar-refractivity contribution < 1.29 is 9.53 Å². The standard InChI is InChI=1S/C25H33NO2/c1-4-9-24(27)22-11-8-10-21(18-22)23-16-20(3)25(17-19(23)2)28-15-14-26-12-6-5-7-13-26/h8,10-11,16-18H,4-7,9,12-15H2,1-3H3. The van der Waals surface area contributed by atoms with Crippen LogP contribution in [0.2, 0.25) is 0 Å². The Kier molecular flexibility index (Phi) is 7.27. The molecule has 0 bridgehead atoms. The number of benzene rings is 2. The number of ether oxygens (including phenoxy) is 1. The topological polar surface area (TPSA) is 29.5 Å². The molecule has 1 aliphatic heterocycles. The van der Waals surface area contributed by atoms with Crippen LogP contribution in [-0.4, -0.2) is 36.9 Å². The van der Waals surface area contributed by atoms with E-state index in [1.807, 2.05) is 25.1 Å². The highest BCUT2D eigenvalue weighted by atomic mass is 16.5. The smallest absolute Gasteiger partial charge is 0.162 e. The van der Waals surface area contributed by atoms with Crippen LogP contribution in [0.5, 0.6) is 5.75 Å². The molecule has 1 saturated heterocycles. The molecule has 0 atom stereocenters. The molecule has 3 nitrogen and oxygen atoms in total. The highest BCUT2D eigenvalue weighted by Crippen LogP contribution is 2.31. The Balaban J connectivity index is 1.71. The first-order valence-corrected chi connectivity index (χ1v) is 10.7. The molecule has 0 unspecified atom stereocenters. The van der Waals surface area contributed by atoms with Gasteiger partial charge in [0.2, 0.25) is 0 Å². The molecule has 1 fully saturated rings. The first-order valence-electron chi connectivity index (χ1n) is 10.7. The highest BCUT2D eigenvalue weighted by Gasteiger charge is 2.12. The molecule has 3 rings (SSSR count). The second-order valence-electron chi connectivity index (χ2n) is 7.94. The van der Waals surface area contributed by atoms with Gasteiger partial charge in [0.1, 0.15) is 12.4 Å². The lowest BCUT2D eigenvalue weighted by molar-refractivity contribution is 0.0982. The summed E-state index contributed by atoms with van der Waals surface area (Å²) in [5.41, 5.74) is 5.40. The summed E-state index contributed by atoms with van der Waals surface area (Å²) >= 11 is 0. The zero-order valence-corrected chi connectivity index (χ0v) is 17.6. The summed E-state index contributed by atoms with van der Waals surface area (Å²) in [5.74, 6) is 1.19. The predicted molar refractivity (Wildman–Crippen MR) is 116 cm³/mol. The van der Waals surface area contributed by atoms with E-state index in [2.05, 4.69) is 36.9 Å². The zero-order chi connectivity index (χ0) is 19.9. The minimum Gasteiger partial charge on any atom is -0.492 e. The van der Waals surface area contributed by atoms with Gasteiger partial charge in [-0.15, -0.1) is 0 Å². The zero-order valence-electron chi connectivity index (χ0n) is 17.6. The van der Waals surface area contributed by atoms with Crippen molar-refractivity contribution in [2.75, 3.05) is 26.2 Å². The van der Waals surface area contributed by atoms with Crippen LogP contribution in [0.3, 0.4) is 0 Å². The molecule has 2 aromatic rings. The highest BCUT2D eigenvalue weighted by molar-refractivity contribution is 5.97. The first-order chi connectivity index (χ1) is 13.6. The molecule has 28 heavy (non-hydrogen) atoms. The maximum atomic E-state index is 12.3. The molecule has 150 valence electrons. The van der Waals surface area contributed by atoms with Crippen molar-refractivity contribution in [3.05, 3.63) is 53.1 Å². The van der Waals surface area contributed by atoms with Crippen LogP contribution in [0.4, 0.5) is 0 Å². The first kappa shape index (κ1) is 20.6. The molecule has 0 aromatic heterocycles. The number of carbonyl (C=O) groups is 1. The van der Waals surface area contributed by atoms with Gasteiger partial charge in [0, 0.05) is 18.5 Å². The number of rotatable bonds is 8. The van der Waals surface area contributed by atoms with Crippen LogP contribution in [0.25, 0.3) is 11.1 Å². The molecule has 0 aliphatic carbocycles. The number of ketones is 1. The van der Waals surface area contributed by atoms with E-state index in [9.17, 15) is 4.79 Å². The van der Waals surface area contributed by atoms with E-state index in [4.69, 9.17) is 4.74 Å². The van der Waals surface area contributed by atoms with Crippen LogP contribution < -0.4 is 4.74 Å². The average Bonchev–Trinajstić information content (AvgIpc) is 2.71. The number of carbonyl (C=O) groups excluding carboxylic acids is 1. The summed E-state index contributed by atoms with van der Waals surface area (Å²) in [6, 6.07) is 12.3. The van der Waals surface area contributed by atoms with Crippen LogP contribution in [0, 0.1) is 13.8 Å². The normalized spacial score (nSPS) is 14.8. The number of hydrogen-bond donors (Lipinski definition) is 0. The van der Waals surface area contributed by atoms with Gasteiger partial charge in [0.05, 0.1) is 0 Å². The molecule has 0 radical (unpaired) electrons. The molecule has 0 amide bonds. The van der Waals surface area contributed by atoms with E-state index in [1.54, 1.807) is 0 Å². The summed E-state index contributed by atoms with van der Waals surface area (Å²) in [6.07, 6.45) is 5.47. The van der Waals surface area contributed by atoms with Crippen molar-refractivity contribution in [2.45, 2.75) is 52.9 Å². The van der Waals surface area contributed by atoms with Crippen molar-refractivity contribution >= 4 is 5.78 Å². The summed E-state index contributed by atoms with van der Waals surface area (Å²) < 4.78 is 6.11. The average molecular weight is 380 g/mol. The van der Waals surface area contributed by atoms with Gasteiger partial charge < -0.3 is 4.74 Å². The number of nitrogens with zero attached hydrogens (tertiary/aromatic N) is 1. The van der Waals surface area contributed by atoms with Gasteiger partial charge in [-0.2, -0.15) is 0 Å². The molecule has 0 N–H and O–H groups in total. The number of aryl methyl sites for hydroxylation is 2. The fourth-order valence-electron chi connectivity index (χ4n) is 3.96. The minimum atomic E-state index is 0.219. The molecule has 3 heteroatoms. The molecule has 2 aromatic carbocycles. The monoisotopic (exact) mass is 379 g/mol. The summed E-state index contributed by atoms with van der Waals surface area (Å²) in [4.78, 5) is 14.8. The minimum absolute atomic E-state index is 0.219. The van der Waals surface area contributed by atoms with E-state index in [0.717, 1.165) is 42.0 Å². The van der Waals surface area contributed by atoms with Crippen molar-refractivity contribution in [3.8, 4) is 16.9 Å². The number of piperidine rings is 1. The number of likely N-dealkylation sites (tertiary alicyclic amines) is 1. The fraction of sp³-hybridized carbons (Fsp3) is 0.480.